The van der Waals surface area contributed by atoms with Gasteiger partial charge in [-0.2, -0.15) is 0 Å². The molecule has 90 valence electrons. The van der Waals surface area contributed by atoms with Crippen LogP contribution in [0.5, 0.6) is 5.75 Å². The summed E-state index contributed by atoms with van der Waals surface area (Å²) in [5.74, 6) is 0.903. The van der Waals surface area contributed by atoms with Crippen molar-refractivity contribution in [2.24, 2.45) is 5.73 Å². The van der Waals surface area contributed by atoms with E-state index in [2.05, 4.69) is 32.9 Å². The molecule has 1 unspecified atom stereocenters. The maximum Gasteiger partial charge on any atom is 0.174 e. The fourth-order valence-electron chi connectivity index (χ4n) is 2.03. The zero-order chi connectivity index (χ0) is 12.8. The van der Waals surface area contributed by atoms with E-state index >= 15 is 0 Å². The van der Waals surface area contributed by atoms with Crippen molar-refractivity contribution in [2.45, 2.75) is 33.3 Å². The van der Waals surface area contributed by atoms with Crippen LogP contribution >= 0.6 is 12.2 Å². The van der Waals surface area contributed by atoms with Crippen LogP contribution in [0.1, 0.15) is 29.2 Å². The first-order valence-corrected chi connectivity index (χ1v) is 6.05. The summed E-state index contributed by atoms with van der Waals surface area (Å²) in [4.78, 5) is 0.359. The van der Waals surface area contributed by atoms with Gasteiger partial charge < -0.3 is 10.5 Å². The molecule has 0 fully saturated rings. The molecule has 1 atom stereocenters. The minimum absolute atomic E-state index is 0.359. The highest BCUT2D eigenvalue weighted by Gasteiger charge is 2.32. The molecule has 3 heteroatoms. The molecule has 0 aliphatic carbocycles. The van der Waals surface area contributed by atoms with Gasteiger partial charge in [-0.25, -0.2) is 0 Å². The summed E-state index contributed by atoms with van der Waals surface area (Å²) in [5.41, 5.74) is 9.78. The van der Waals surface area contributed by atoms with Gasteiger partial charge in [0.15, 0.2) is 5.60 Å². The Morgan fingerprint density at radius 3 is 2.53 bits per heavy atom. The van der Waals surface area contributed by atoms with Crippen LogP contribution in [0.2, 0.25) is 0 Å². The number of nitrogens with two attached hydrogens (primary N) is 1. The fourth-order valence-corrected chi connectivity index (χ4v) is 2.14. The van der Waals surface area contributed by atoms with Crippen molar-refractivity contribution >= 4 is 23.3 Å². The summed E-state index contributed by atoms with van der Waals surface area (Å²) in [6.07, 6.45) is 3.99. The average Bonchev–Trinajstić information content (AvgIpc) is 2.25. The first-order valence-electron chi connectivity index (χ1n) is 5.64. The normalized spacial score (nSPS) is 21.9. The molecule has 2 N–H and O–H groups in total. The third-order valence-electron chi connectivity index (χ3n) is 3.41. The predicted molar refractivity (Wildman–Crippen MR) is 75.5 cm³/mol. The van der Waals surface area contributed by atoms with Gasteiger partial charge >= 0.3 is 0 Å². The number of rotatable bonds is 1. The van der Waals surface area contributed by atoms with Crippen LogP contribution < -0.4 is 10.5 Å². The molecule has 0 saturated heterocycles. The standard InChI is InChI=1S/C14H17NOS/c1-8-7-9(2)11-5-6-14(4,13(15)17)16-12(11)10(8)3/h5-7H,1-4H3,(H2,15,17). The molecule has 0 amide bonds. The Morgan fingerprint density at radius 2 is 1.94 bits per heavy atom. The van der Waals surface area contributed by atoms with Crippen LogP contribution in [0.4, 0.5) is 0 Å². The number of fused-ring (bicyclic) bond motifs is 1. The van der Waals surface area contributed by atoms with E-state index in [4.69, 9.17) is 22.7 Å². The number of hydrogen-bond acceptors (Lipinski definition) is 2. The summed E-state index contributed by atoms with van der Waals surface area (Å²) in [6.45, 7) is 8.13. The molecule has 17 heavy (non-hydrogen) atoms. The Morgan fingerprint density at radius 1 is 1.29 bits per heavy atom. The minimum atomic E-state index is -0.673. The second-order valence-electron chi connectivity index (χ2n) is 4.78. The van der Waals surface area contributed by atoms with Gasteiger partial charge in [-0.3, -0.25) is 0 Å². The smallest absolute Gasteiger partial charge is 0.174 e. The maximum atomic E-state index is 6.02. The SMILES string of the molecule is Cc1cc(C)c2c(c1C)OC(C)(C(N)=S)C=C2. The Labute approximate surface area is 107 Å². The lowest BCUT2D eigenvalue weighted by Crippen LogP contribution is -2.44. The minimum Gasteiger partial charge on any atom is -0.475 e. The molecule has 0 spiro atoms. The molecule has 0 aromatic heterocycles. The van der Waals surface area contributed by atoms with E-state index in [0.717, 1.165) is 16.9 Å². The van der Waals surface area contributed by atoms with Gasteiger partial charge in [0, 0.05) is 5.56 Å². The topological polar surface area (TPSA) is 35.2 Å². The molecular formula is C14H17NOS. The highest BCUT2D eigenvalue weighted by Crippen LogP contribution is 2.37. The maximum absolute atomic E-state index is 6.02. The number of benzene rings is 1. The first kappa shape index (κ1) is 12.1. The van der Waals surface area contributed by atoms with Gasteiger partial charge in [-0.05, 0) is 50.5 Å². The second-order valence-corrected chi connectivity index (χ2v) is 5.22. The molecule has 2 rings (SSSR count). The Kier molecular flexibility index (Phi) is 2.74. The van der Waals surface area contributed by atoms with Crippen LogP contribution in [0.3, 0.4) is 0 Å². The number of hydrogen-bond donors (Lipinski definition) is 1. The predicted octanol–water partition coefficient (Wildman–Crippen LogP) is 3.06. The molecule has 0 radical (unpaired) electrons. The molecule has 0 saturated carbocycles. The van der Waals surface area contributed by atoms with E-state index in [1.807, 2.05) is 13.0 Å². The first-order chi connectivity index (χ1) is 7.85. The molecule has 1 aliphatic rings. The van der Waals surface area contributed by atoms with Crippen molar-refractivity contribution in [3.8, 4) is 5.75 Å². The van der Waals surface area contributed by atoms with E-state index in [1.165, 1.54) is 11.1 Å². The molecule has 2 nitrogen and oxygen atoms in total. The van der Waals surface area contributed by atoms with Crippen LogP contribution in [-0.2, 0) is 0 Å². The lowest BCUT2D eigenvalue weighted by Gasteiger charge is -2.32. The zero-order valence-corrected chi connectivity index (χ0v) is 11.4. The van der Waals surface area contributed by atoms with Crippen molar-refractivity contribution in [3.63, 3.8) is 0 Å². The summed E-state index contributed by atoms with van der Waals surface area (Å²) >= 11 is 5.07. The monoisotopic (exact) mass is 247 g/mol. The van der Waals surface area contributed by atoms with Crippen molar-refractivity contribution in [2.75, 3.05) is 0 Å². The van der Waals surface area contributed by atoms with Crippen molar-refractivity contribution in [3.05, 3.63) is 34.4 Å². The van der Waals surface area contributed by atoms with E-state index in [1.54, 1.807) is 0 Å². The summed E-state index contributed by atoms with van der Waals surface area (Å²) < 4.78 is 6.02. The van der Waals surface area contributed by atoms with E-state index in [9.17, 15) is 0 Å². The molecule has 1 aromatic rings. The third-order valence-corrected chi connectivity index (χ3v) is 3.81. The van der Waals surface area contributed by atoms with Crippen molar-refractivity contribution in [1.82, 2.24) is 0 Å². The van der Waals surface area contributed by atoms with Gasteiger partial charge in [0.1, 0.15) is 10.7 Å². The zero-order valence-electron chi connectivity index (χ0n) is 10.6. The van der Waals surface area contributed by atoms with Crippen LogP contribution in [-0.4, -0.2) is 10.6 Å². The molecule has 1 aliphatic heterocycles. The quantitative estimate of drug-likeness (QED) is 0.775. The second kappa shape index (κ2) is 3.84. The Balaban J connectivity index is 2.62. The van der Waals surface area contributed by atoms with Gasteiger partial charge in [-0.1, -0.05) is 24.4 Å². The highest BCUT2D eigenvalue weighted by atomic mass is 32.1. The average molecular weight is 247 g/mol. The van der Waals surface area contributed by atoms with Gasteiger partial charge in [-0.15, -0.1) is 0 Å². The number of aryl methyl sites for hydroxylation is 2. The third kappa shape index (κ3) is 1.84. The van der Waals surface area contributed by atoms with Gasteiger partial charge in [0.25, 0.3) is 0 Å². The highest BCUT2D eigenvalue weighted by molar-refractivity contribution is 7.80. The number of ether oxygens (including phenoxy) is 1. The van der Waals surface area contributed by atoms with E-state index in [0.29, 0.717) is 4.99 Å². The molecular weight excluding hydrogens is 230 g/mol. The largest absolute Gasteiger partial charge is 0.475 e. The summed E-state index contributed by atoms with van der Waals surface area (Å²) in [5, 5.41) is 0. The van der Waals surface area contributed by atoms with E-state index in [-0.39, 0.29) is 0 Å². The Hall–Kier alpha value is -1.35. The Bertz CT molecular complexity index is 534. The fraction of sp³-hybridized carbons (Fsp3) is 0.357. The summed E-state index contributed by atoms with van der Waals surface area (Å²) in [7, 11) is 0. The summed E-state index contributed by atoms with van der Waals surface area (Å²) in [6, 6.07) is 2.17. The lowest BCUT2D eigenvalue weighted by molar-refractivity contribution is 0.208. The van der Waals surface area contributed by atoms with E-state index < -0.39 is 5.60 Å². The van der Waals surface area contributed by atoms with Crippen molar-refractivity contribution < 1.29 is 4.74 Å². The van der Waals surface area contributed by atoms with Gasteiger partial charge in [0.2, 0.25) is 0 Å². The molecule has 1 heterocycles. The lowest BCUT2D eigenvalue weighted by atomic mass is 9.93. The molecule has 0 bridgehead atoms. The molecule has 1 aromatic carbocycles. The van der Waals surface area contributed by atoms with Gasteiger partial charge in [0.05, 0.1) is 0 Å². The van der Waals surface area contributed by atoms with Crippen LogP contribution in [0.25, 0.3) is 6.08 Å². The van der Waals surface area contributed by atoms with Crippen molar-refractivity contribution in [1.29, 1.82) is 0 Å². The number of thiocarbonyl (C=S) groups is 1. The van der Waals surface area contributed by atoms with Crippen LogP contribution in [0.15, 0.2) is 12.1 Å². The van der Waals surface area contributed by atoms with Crippen LogP contribution in [0, 0.1) is 20.8 Å².